The highest BCUT2D eigenvalue weighted by Gasteiger charge is 2.41. The second kappa shape index (κ2) is 10.3. The summed E-state index contributed by atoms with van der Waals surface area (Å²) in [6.07, 6.45) is 1.83. The van der Waals surface area contributed by atoms with Gasteiger partial charge in [-0.2, -0.15) is 0 Å². The molecule has 1 aromatic carbocycles. The minimum absolute atomic E-state index is 0.156. The molecule has 166 valence electrons. The van der Waals surface area contributed by atoms with Crippen LogP contribution in [0, 0.1) is 5.92 Å². The Morgan fingerprint density at radius 1 is 1.32 bits per heavy atom. The molecule has 31 heavy (non-hydrogen) atoms. The average molecular weight is 430 g/mol. The van der Waals surface area contributed by atoms with E-state index in [0.717, 1.165) is 17.3 Å². The van der Waals surface area contributed by atoms with Crippen molar-refractivity contribution in [3.05, 3.63) is 36.5 Å². The molecule has 0 spiro atoms. The predicted molar refractivity (Wildman–Crippen MR) is 113 cm³/mol. The standard InChI is InChI=1S/C22H27FN4O4/c1-2-3-8-16(19(23)21(29)26-31)22(30)27-11-6-10-18(27)20(28)25-15-12-14-7-4-5-9-17(14)24-13-15/h4-5,7,9,12-13,16,18-19,31H,2-3,6,8,10-11H2,1H3,(H,25,28)(H,26,29). The van der Waals surface area contributed by atoms with Crippen molar-refractivity contribution < 1.29 is 24.0 Å². The number of carbonyl (C=O) groups is 3. The van der Waals surface area contributed by atoms with Gasteiger partial charge in [-0.1, -0.05) is 38.0 Å². The number of nitrogens with zero attached hydrogens (tertiary/aromatic N) is 2. The third-order valence-electron chi connectivity index (χ3n) is 5.60. The van der Waals surface area contributed by atoms with Crippen LogP contribution in [0.15, 0.2) is 36.5 Å². The van der Waals surface area contributed by atoms with Crippen molar-refractivity contribution in [2.75, 3.05) is 11.9 Å². The maximum Gasteiger partial charge on any atom is 0.278 e. The molecule has 2 heterocycles. The first-order valence-corrected chi connectivity index (χ1v) is 10.5. The molecule has 3 rings (SSSR count). The van der Waals surface area contributed by atoms with Gasteiger partial charge in [0.25, 0.3) is 5.91 Å². The second-order valence-corrected chi connectivity index (χ2v) is 7.72. The molecule has 3 atom stereocenters. The first-order valence-electron chi connectivity index (χ1n) is 10.5. The third kappa shape index (κ3) is 5.16. The van der Waals surface area contributed by atoms with Crippen LogP contribution >= 0.6 is 0 Å². The van der Waals surface area contributed by atoms with Crippen LogP contribution in [0.4, 0.5) is 10.1 Å². The van der Waals surface area contributed by atoms with Crippen molar-refractivity contribution >= 4 is 34.3 Å². The Labute approximate surface area is 179 Å². The normalized spacial score (nSPS) is 17.9. The number of anilines is 1. The van der Waals surface area contributed by atoms with Crippen LogP contribution in [0.2, 0.25) is 0 Å². The van der Waals surface area contributed by atoms with Gasteiger partial charge in [0.2, 0.25) is 11.8 Å². The fraction of sp³-hybridized carbons (Fsp3) is 0.455. The van der Waals surface area contributed by atoms with Crippen LogP contribution < -0.4 is 10.8 Å². The van der Waals surface area contributed by atoms with E-state index in [-0.39, 0.29) is 12.3 Å². The molecule has 1 aliphatic heterocycles. The van der Waals surface area contributed by atoms with Gasteiger partial charge in [-0.25, -0.2) is 9.87 Å². The zero-order valence-corrected chi connectivity index (χ0v) is 17.4. The number of unbranched alkanes of at least 4 members (excludes halogenated alkanes) is 1. The van der Waals surface area contributed by atoms with E-state index in [9.17, 15) is 18.8 Å². The zero-order chi connectivity index (χ0) is 22.4. The quantitative estimate of drug-likeness (QED) is 0.440. The van der Waals surface area contributed by atoms with E-state index >= 15 is 0 Å². The number of hydrogen-bond donors (Lipinski definition) is 3. The third-order valence-corrected chi connectivity index (χ3v) is 5.60. The van der Waals surface area contributed by atoms with Gasteiger partial charge < -0.3 is 10.2 Å². The van der Waals surface area contributed by atoms with Gasteiger partial charge in [0, 0.05) is 11.9 Å². The SMILES string of the molecule is CCCCC(C(=O)N1CCCC1C(=O)Nc1cnc2ccccc2c1)C(F)C(=O)NO. The van der Waals surface area contributed by atoms with Crippen molar-refractivity contribution in [1.29, 1.82) is 0 Å². The molecule has 8 nitrogen and oxygen atoms in total. The maximum absolute atomic E-state index is 14.6. The molecule has 3 N–H and O–H groups in total. The van der Waals surface area contributed by atoms with E-state index in [1.54, 1.807) is 12.3 Å². The highest BCUT2D eigenvalue weighted by Crippen LogP contribution is 2.26. The number of amides is 3. The summed E-state index contributed by atoms with van der Waals surface area (Å²) in [4.78, 5) is 43.3. The van der Waals surface area contributed by atoms with Crippen molar-refractivity contribution in [3.63, 3.8) is 0 Å². The van der Waals surface area contributed by atoms with E-state index in [4.69, 9.17) is 5.21 Å². The highest BCUT2D eigenvalue weighted by molar-refractivity contribution is 5.99. The predicted octanol–water partition coefficient (Wildman–Crippen LogP) is 2.81. The summed E-state index contributed by atoms with van der Waals surface area (Å²) in [5.41, 5.74) is 2.58. The number of fused-ring (bicyclic) bond motifs is 1. The van der Waals surface area contributed by atoms with E-state index in [1.165, 1.54) is 10.4 Å². The summed E-state index contributed by atoms with van der Waals surface area (Å²) < 4.78 is 14.6. The van der Waals surface area contributed by atoms with Crippen LogP contribution in [0.5, 0.6) is 0 Å². The molecule has 1 aromatic heterocycles. The Balaban J connectivity index is 1.74. The molecule has 0 bridgehead atoms. The van der Waals surface area contributed by atoms with Crippen LogP contribution in [0.3, 0.4) is 0 Å². The molecule has 1 aliphatic rings. The lowest BCUT2D eigenvalue weighted by molar-refractivity contribution is -0.148. The number of likely N-dealkylation sites (tertiary alicyclic amines) is 1. The van der Waals surface area contributed by atoms with Gasteiger partial charge in [-0.3, -0.25) is 24.6 Å². The van der Waals surface area contributed by atoms with Gasteiger partial charge in [0.05, 0.1) is 23.3 Å². The number of carbonyl (C=O) groups excluding carboxylic acids is 3. The first kappa shape index (κ1) is 22.6. The monoisotopic (exact) mass is 430 g/mol. The summed E-state index contributed by atoms with van der Waals surface area (Å²) in [6.45, 7) is 2.20. The topological polar surface area (TPSA) is 112 Å². The van der Waals surface area contributed by atoms with Gasteiger partial charge in [0.15, 0.2) is 6.17 Å². The summed E-state index contributed by atoms with van der Waals surface area (Å²) in [5, 5.41) is 12.4. The number of nitrogens with one attached hydrogen (secondary N) is 2. The minimum Gasteiger partial charge on any atom is -0.330 e. The lowest BCUT2D eigenvalue weighted by atomic mass is 9.94. The highest BCUT2D eigenvalue weighted by atomic mass is 19.1. The van der Waals surface area contributed by atoms with E-state index in [0.29, 0.717) is 31.5 Å². The molecular formula is C22H27FN4O4. The largest absolute Gasteiger partial charge is 0.330 e. The molecule has 0 aliphatic carbocycles. The second-order valence-electron chi connectivity index (χ2n) is 7.72. The van der Waals surface area contributed by atoms with Gasteiger partial charge in [0.1, 0.15) is 6.04 Å². The molecular weight excluding hydrogens is 403 g/mol. The van der Waals surface area contributed by atoms with Gasteiger partial charge in [-0.15, -0.1) is 0 Å². The lowest BCUT2D eigenvalue weighted by Crippen LogP contribution is -2.49. The maximum atomic E-state index is 14.6. The Hall–Kier alpha value is -3.07. The molecule has 9 heteroatoms. The van der Waals surface area contributed by atoms with Crippen LogP contribution in [-0.2, 0) is 14.4 Å². The van der Waals surface area contributed by atoms with Crippen molar-refractivity contribution in [2.45, 2.75) is 51.2 Å². The Morgan fingerprint density at radius 3 is 2.84 bits per heavy atom. The molecule has 3 unspecified atom stereocenters. The van der Waals surface area contributed by atoms with Crippen molar-refractivity contribution in [1.82, 2.24) is 15.4 Å². The molecule has 1 saturated heterocycles. The molecule has 0 saturated carbocycles. The first-order chi connectivity index (χ1) is 15.0. The summed E-state index contributed by atoms with van der Waals surface area (Å²) in [6, 6.07) is 8.54. The number of hydrogen-bond acceptors (Lipinski definition) is 5. The van der Waals surface area contributed by atoms with Gasteiger partial charge >= 0.3 is 0 Å². The van der Waals surface area contributed by atoms with E-state index < -0.39 is 29.9 Å². The number of alkyl halides is 1. The fourth-order valence-electron chi connectivity index (χ4n) is 3.94. The zero-order valence-electron chi connectivity index (χ0n) is 17.4. The van der Waals surface area contributed by atoms with Crippen molar-refractivity contribution in [3.8, 4) is 0 Å². The van der Waals surface area contributed by atoms with Gasteiger partial charge in [-0.05, 0) is 31.4 Å². The van der Waals surface area contributed by atoms with Crippen molar-refractivity contribution in [2.24, 2.45) is 5.92 Å². The molecule has 0 radical (unpaired) electrons. The number of hydroxylamine groups is 1. The van der Waals surface area contributed by atoms with E-state index in [2.05, 4.69) is 10.3 Å². The number of aromatic nitrogens is 1. The van der Waals surface area contributed by atoms with Crippen LogP contribution in [0.1, 0.15) is 39.0 Å². The lowest BCUT2D eigenvalue weighted by Gasteiger charge is -2.29. The minimum atomic E-state index is -2.18. The molecule has 2 aromatic rings. The smallest absolute Gasteiger partial charge is 0.278 e. The number of pyridine rings is 1. The Bertz CT molecular complexity index is 954. The number of para-hydroxylation sites is 1. The fourth-order valence-corrected chi connectivity index (χ4v) is 3.94. The average Bonchev–Trinajstić information content (AvgIpc) is 3.28. The Morgan fingerprint density at radius 2 is 2.10 bits per heavy atom. The number of rotatable bonds is 8. The summed E-state index contributed by atoms with van der Waals surface area (Å²) in [5.74, 6) is -3.46. The molecule has 1 fully saturated rings. The number of halogens is 1. The van der Waals surface area contributed by atoms with Crippen LogP contribution in [0.25, 0.3) is 10.9 Å². The Kier molecular flexibility index (Phi) is 7.51. The summed E-state index contributed by atoms with van der Waals surface area (Å²) >= 11 is 0. The van der Waals surface area contributed by atoms with E-state index in [1.807, 2.05) is 31.2 Å². The summed E-state index contributed by atoms with van der Waals surface area (Å²) in [7, 11) is 0. The van der Waals surface area contributed by atoms with Crippen LogP contribution in [-0.4, -0.2) is 51.6 Å². The number of benzene rings is 1. The molecule has 3 amide bonds.